The number of benzene rings is 2. The highest BCUT2D eigenvalue weighted by Gasteiger charge is 2.15. The van der Waals surface area contributed by atoms with Crippen LogP contribution in [0.5, 0.6) is 5.75 Å². The van der Waals surface area contributed by atoms with E-state index in [1.807, 2.05) is 12.1 Å². The summed E-state index contributed by atoms with van der Waals surface area (Å²) in [5, 5.41) is 29.0. The zero-order chi connectivity index (χ0) is 10.1. The van der Waals surface area contributed by atoms with E-state index < -0.39 is 7.12 Å². The molecular formula is C10H9BO3. The maximum atomic E-state index is 9.34. The standard InChI is InChI=1S/C10H9BO3/c12-8-5-7-3-1-2-4-9(7)10(6-8)11(13)14/h1-6,12-14H. The Kier molecular flexibility index (Phi) is 2.15. The van der Waals surface area contributed by atoms with Crippen LogP contribution in [-0.4, -0.2) is 22.3 Å². The number of hydrogen-bond acceptors (Lipinski definition) is 3. The highest BCUT2D eigenvalue weighted by Crippen LogP contribution is 2.17. The first-order valence-corrected chi connectivity index (χ1v) is 4.26. The summed E-state index contributed by atoms with van der Waals surface area (Å²) in [5.74, 6) is 0.0341. The maximum Gasteiger partial charge on any atom is 0.489 e. The van der Waals surface area contributed by atoms with Crippen molar-refractivity contribution in [2.24, 2.45) is 0 Å². The molecule has 0 bridgehead atoms. The van der Waals surface area contributed by atoms with Gasteiger partial charge in [-0.3, -0.25) is 0 Å². The predicted octanol–water partition coefficient (Wildman–Crippen LogP) is 0.225. The summed E-state index contributed by atoms with van der Waals surface area (Å²) < 4.78 is 0. The molecule has 14 heavy (non-hydrogen) atoms. The second-order valence-corrected chi connectivity index (χ2v) is 3.13. The smallest absolute Gasteiger partial charge is 0.489 e. The van der Waals surface area contributed by atoms with E-state index >= 15 is 0 Å². The highest BCUT2D eigenvalue weighted by molar-refractivity contribution is 6.62. The monoisotopic (exact) mass is 188 g/mol. The van der Waals surface area contributed by atoms with Crippen LogP contribution >= 0.6 is 0 Å². The van der Waals surface area contributed by atoms with E-state index in [-0.39, 0.29) is 5.75 Å². The average Bonchev–Trinajstić information content (AvgIpc) is 2.16. The summed E-state index contributed by atoms with van der Waals surface area (Å²) in [4.78, 5) is 0. The fourth-order valence-electron chi connectivity index (χ4n) is 1.54. The Hall–Kier alpha value is -1.52. The fourth-order valence-corrected chi connectivity index (χ4v) is 1.54. The van der Waals surface area contributed by atoms with Gasteiger partial charge in [0.1, 0.15) is 5.75 Å². The first-order chi connectivity index (χ1) is 6.68. The lowest BCUT2D eigenvalue weighted by atomic mass is 9.77. The van der Waals surface area contributed by atoms with E-state index in [0.29, 0.717) is 5.46 Å². The fraction of sp³-hybridized carbons (Fsp3) is 0. The van der Waals surface area contributed by atoms with Crippen LogP contribution in [-0.2, 0) is 0 Å². The van der Waals surface area contributed by atoms with E-state index in [2.05, 4.69) is 0 Å². The van der Waals surface area contributed by atoms with Crippen molar-refractivity contribution in [1.29, 1.82) is 0 Å². The molecular weight excluding hydrogens is 179 g/mol. The van der Waals surface area contributed by atoms with Crippen LogP contribution in [0.2, 0.25) is 0 Å². The van der Waals surface area contributed by atoms with E-state index in [1.165, 1.54) is 6.07 Å². The molecule has 0 aliphatic heterocycles. The minimum Gasteiger partial charge on any atom is -0.508 e. The third-order valence-electron chi connectivity index (χ3n) is 2.16. The summed E-state index contributed by atoms with van der Waals surface area (Å²) >= 11 is 0. The molecule has 4 heteroatoms. The van der Waals surface area contributed by atoms with Gasteiger partial charge in [0.25, 0.3) is 0 Å². The molecule has 0 fully saturated rings. The quantitative estimate of drug-likeness (QED) is 0.561. The molecule has 0 atom stereocenters. The third-order valence-corrected chi connectivity index (χ3v) is 2.16. The van der Waals surface area contributed by atoms with Gasteiger partial charge < -0.3 is 15.2 Å². The van der Waals surface area contributed by atoms with E-state index in [4.69, 9.17) is 10.0 Å². The summed E-state index contributed by atoms with van der Waals surface area (Å²) in [5.41, 5.74) is 0.320. The Morgan fingerprint density at radius 3 is 2.43 bits per heavy atom. The molecule has 0 saturated carbocycles. The zero-order valence-corrected chi connectivity index (χ0v) is 7.38. The van der Waals surface area contributed by atoms with Crippen molar-refractivity contribution in [2.45, 2.75) is 0 Å². The SMILES string of the molecule is OB(O)c1cc(O)cc2ccccc12. The summed E-state index contributed by atoms with van der Waals surface area (Å²) in [6, 6.07) is 10.2. The van der Waals surface area contributed by atoms with Gasteiger partial charge in [-0.05, 0) is 28.4 Å². The van der Waals surface area contributed by atoms with Crippen molar-refractivity contribution in [3.8, 4) is 5.75 Å². The van der Waals surface area contributed by atoms with Crippen LogP contribution in [0.15, 0.2) is 36.4 Å². The Bertz CT molecular complexity index is 468. The number of rotatable bonds is 1. The third kappa shape index (κ3) is 1.45. The Morgan fingerprint density at radius 2 is 1.71 bits per heavy atom. The van der Waals surface area contributed by atoms with Crippen molar-refractivity contribution in [1.82, 2.24) is 0 Å². The van der Waals surface area contributed by atoms with Gasteiger partial charge in [0.2, 0.25) is 0 Å². The van der Waals surface area contributed by atoms with Crippen LogP contribution in [0.3, 0.4) is 0 Å². The minimum atomic E-state index is -1.56. The molecule has 0 spiro atoms. The molecule has 0 aliphatic carbocycles. The van der Waals surface area contributed by atoms with Gasteiger partial charge in [-0.1, -0.05) is 24.3 Å². The van der Waals surface area contributed by atoms with E-state index in [9.17, 15) is 5.11 Å². The van der Waals surface area contributed by atoms with Crippen molar-refractivity contribution >= 4 is 23.4 Å². The first-order valence-electron chi connectivity index (χ1n) is 4.26. The Morgan fingerprint density at radius 1 is 1.00 bits per heavy atom. The predicted molar refractivity (Wildman–Crippen MR) is 55.4 cm³/mol. The van der Waals surface area contributed by atoms with Gasteiger partial charge in [-0.25, -0.2) is 0 Å². The van der Waals surface area contributed by atoms with E-state index in [0.717, 1.165) is 10.8 Å². The van der Waals surface area contributed by atoms with Crippen LogP contribution in [0, 0.1) is 0 Å². The van der Waals surface area contributed by atoms with Gasteiger partial charge in [0.05, 0.1) is 0 Å². The summed E-state index contributed by atoms with van der Waals surface area (Å²) in [6.45, 7) is 0. The topological polar surface area (TPSA) is 60.7 Å². The van der Waals surface area contributed by atoms with Crippen LogP contribution in [0.4, 0.5) is 0 Å². The molecule has 3 nitrogen and oxygen atoms in total. The van der Waals surface area contributed by atoms with Gasteiger partial charge in [0.15, 0.2) is 0 Å². The number of phenols is 1. The first kappa shape index (κ1) is 9.06. The lowest BCUT2D eigenvalue weighted by molar-refractivity contribution is 0.425. The summed E-state index contributed by atoms with van der Waals surface area (Å²) in [7, 11) is -1.56. The second-order valence-electron chi connectivity index (χ2n) is 3.13. The molecule has 3 N–H and O–H groups in total. The van der Waals surface area contributed by atoms with Gasteiger partial charge in [0, 0.05) is 0 Å². The lowest BCUT2D eigenvalue weighted by Crippen LogP contribution is -2.30. The Balaban J connectivity index is 2.80. The number of fused-ring (bicyclic) bond motifs is 1. The molecule has 0 radical (unpaired) electrons. The molecule has 0 aliphatic rings. The number of hydrogen-bond donors (Lipinski definition) is 3. The minimum absolute atomic E-state index is 0.0341. The van der Waals surface area contributed by atoms with Crippen LogP contribution in [0.25, 0.3) is 10.8 Å². The molecule has 70 valence electrons. The Labute approximate surface area is 81.4 Å². The normalized spacial score (nSPS) is 10.4. The van der Waals surface area contributed by atoms with Gasteiger partial charge in [-0.2, -0.15) is 0 Å². The molecule has 0 saturated heterocycles. The van der Waals surface area contributed by atoms with Crippen LogP contribution < -0.4 is 5.46 Å². The molecule has 0 heterocycles. The van der Waals surface area contributed by atoms with Crippen molar-refractivity contribution in [2.75, 3.05) is 0 Å². The highest BCUT2D eigenvalue weighted by atomic mass is 16.4. The zero-order valence-electron chi connectivity index (χ0n) is 7.38. The average molecular weight is 188 g/mol. The van der Waals surface area contributed by atoms with Gasteiger partial charge >= 0.3 is 7.12 Å². The summed E-state index contributed by atoms with van der Waals surface area (Å²) in [6.07, 6.45) is 0. The second kappa shape index (κ2) is 3.33. The number of aromatic hydroxyl groups is 1. The molecule has 0 aromatic heterocycles. The molecule has 0 unspecified atom stereocenters. The largest absolute Gasteiger partial charge is 0.508 e. The van der Waals surface area contributed by atoms with Crippen molar-refractivity contribution in [3.63, 3.8) is 0 Å². The van der Waals surface area contributed by atoms with E-state index in [1.54, 1.807) is 18.2 Å². The molecule has 0 amide bonds. The van der Waals surface area contributed by atoms with Crippen molar-refractivity contribution < 1.29 is 15.2 Å². The maximum absolute atomic E-state index is 9.34. The molecule has 2 aromatic carbocycles. The lowest BCUT2D eigenvalue weighted by Gasteiger charge is -2.06. The van der Waals surface area contributed by atoms with Gasteiger partial charge in [-0.15, -0.1) is 0 Å². The molecule has 2 rings (SSSR count). The number of phenolic OH excluding ortho intramolecular Hbond substituents is 1. The molecule has 2 aromatic rings. The van der Waals surface area contributed by atoms with Crippen molar-refractivity contribution in [3.05, 3.63) is 36.4 Å². The van der Waals surface area contributed by atoms with Crippen LogP contribution in [0.1, 0.15) is 0 Å².